The summed E-state index contributed by atoms with van der Waals surface area (Å²) in [5.74, 6) is -1.11. The summed E-state index contributed by atoms with van der Waals surface area (Å²) in [6, 6.07) is 13.5. The Morgan fingerprint density at radius 1 is 1.00 bits per heavy atom. The molecule has 1 N–H and O–H groups in total. The van der Waals surface area contributed by atoms with Gasteiger partial charge in [0.05, 0.1) is 12.2 Å². The SMILES string of the molecule is O=C(O)C(Cc1ccccc1)OCc1ccc(C(F)(F)F)cc1. The first-order chi connectivity index (χ1) is 10.9. The van der Waals surface area contributed by atoms with Gasteiger partial charge in [0.1, 0.15) is 0 Å². The molecule has 0 aliphatic carbocycles. The quantitative estimate of drug-likeness (QED) is 0.876. The zero-order chi connectivity index (χ0) is 16.9. The van der Waals surface area contributed by atoms with Gasteiger partial charge in [0.2, 0.25) is 0 Å². The van der Waals surface area contributed by atoms with Gasteiger partial charge in [-0.05, 0) is 23.3 Å². The Labute approximate surface area is 131 Å². The lowest BCUT2D eigenvalue weighted by atomic mass is 10.1. The molecule has 0 saturated heterocycles. The van der Waals surface area contributed by atoms with Gasteiger partial charge < -0.3 is 9.84 Å². The molecule has 122 valence electrons. The molecule has 2 aromatic rings. The van der Waals surface area contributed by atoms with Crippen LogP contribution in [0.3, 0.4) is 0 Å². The normalized spacial score (nSPS) is 12.8. The summed E-state index contributed by atoms with van der Waals surface area (Å²) < 4.78 is 42.8. The van der Waals surface area contributed by atoms with Crippen LogP contribution >= 0.6 is 0 Å². The van der Waals surface area contributed by atoms with Gasteiger partial charge in [-0.15, -0.1) is 0 Å². The minimum absolute atomic E-state index is 0.0675. The second-order valence-corrected chi connectivity index (χ2v) is 5.02. The van der Waals surface area contributed by atoms with E-state index in [9.17, 15) is 23.1 Å². The molecular formula is C17H15F3O3. The molecule has 2 aromatic carbocycles. The lowest BCUT2D eigenvalue weighted by Crippen LogP contribution is -2.26. The maximum atomic E-state index is 12.5. The number of carbonyl (C=O) groups is 1. The fourth-order valence-electron chi connectivity index (χ4n) is 2.03. The highest BCUT2D eigenvalue weighted by molar-refractivity contribution is 5.72. The van der Waals surface area contributed by atoms with Crippen LogP contribution in [0, 0.1) is 0 Å². The van der Waals surface area contributed by atoms with Crippen molar-refractivity contribution in [3.05, 3.63) is 71.3 Å². The maximum absolute atomic E-state index is 12.5. The van der Waals surface area contributed by atoms with E-state index >= 15 is 0 Å². The Hall–Kier alpha value is -2.34. The monoisotopic (exact) mass is 324 g/mol. The number of carboxylic acid groups (broad SMARTS) is 1. The number of hydrogen-bond acceptors (Lipinski definition) is 2. The van der Waals surface area contributed by atoms with Crippen molar-refractivity contribution in [1.82, 2.24) is 0 Å². The van der Waals surface area contributed by atoms with Crippen LogP contribution < -0.4 is 0 Å². The molecule has 23 heavy (non-hydrogen) atoms. The Balaban J connectivity index is 1.97. The van der Waals surface area contributed by atoms with Gasteiger partial charge in [0, 0.05) is 6.42 Å². The number of ether oxygens (including phenoxy) is 1. The number of alkyl halides is 3. The smallest absolute Gasteiger partial charge is 0.416 e. The van der Waals surface area contributed by atoms with Gasteiger partial charge in [0.25, 0.3) is 0 Å². The van der Waals surface area contributed by atoms with E-state index in [1.54, 1.807) is 24.3 Å². The number of aliphatic carboxylic acids is 1. The van der Waals surface area contributed by atoms with Crippen molar-refractivity contribution in [2.24, 2.45) is 0 Å². The van der Waals surface area contributed by atoms with Crippen LogP contribution in [0.25, 0.3) is 0 Å². The van der Waals surface area contributed by atoms with Gasteiger partial charge >= 0.3 is 12.1 Å². The first-order valence-electron chi connectivity index (χ1n) is 6.91. The molecule has 0 radical (unpaired) electrons. The van der Waals surface area contributed by atoms with Crippen LogP contribution in [0.2, 0.25) is 0 Å². The third kappa shape index (κ3) is 5.10. The summed E-state index contributed by atoms with van der Waals surface area (Å²) in [7, 11) is 0. The molecule has 1 atom stereocenters. The largest absolute Gasteiger partial charge is 0.479 e. The molecule has 0 spiro atoms. The number of benzene rings is 2. The summed E-state index contributed by atoms with van der Waals surface area (Å²) in [6.07, 6.45) is -5.26. The summed E-state index contributed by atoms with van der Waals surface area (Å²) in [5.41, 5.74) is 0.546. The van der Waals surface area contributed by atoms with Crippen molar-refractivity contribution < 1.29 is 27.8 Å². The van der Waals surface area contributed by atoms with Crippen LogP contribution in [0.5, 0.6) is 0 Å². The van der Waals surface area contributed by atoms with E-state index < -0.39 is 23.8 Å². The highest BCUT2D eigenvalue weighted by Crippen LogP contribution is 2.29. The van der Waals surface area contributed by atoms with Crippen LogP contribution in [-0.4, -0.2) is 17.2 Å². The Morgan fingerprint density at radius 3 is 2.13 bits per heavy atom. The van der Waals surface area contributed by atoms with Crippen molar-refractivity contribution in [1.29, 1.82) is 0 Å². The second kappa shape index (κ2) is 7.28. The zero-order valence-electron chi connectivity index (χ0n) is 12.1. The summed E-state index contributed by atoms with van der Waals surface area (Å²) in [5, 5.41) is 9.19. The molecule has 1 unspecified atom stereocenters. The predicted octanol–water partition coefficient (Wildman–Crippen LogP) is 3.92. The number of halogens is 3. The van der Waals surface area contributed by atoms with Crippen molar-refractivity contribution in [3.63, 3.8) is 0 Å². The van der Waals surface area contributed by atoms with Gasteiger partial charge in [-0.2, -0.15) is 13.2 Å². The second-order valence-electron chi connectivity index (χ2n) is 5.02. The van der Waals surface area contributed by atoms with E-state index in [4.69, 9.17) is 4.74 Å². The van der Waals surface area contributed by atoms with Gasteiger partial charge in [0.15, 0.2) is 6.10 Å². The van der Waals surface area contributed by atoms with E-state index in [0.29, 0.717) is 5.56 Å². The Morgan fingerprint density at radius 2 is 1.61 bits per heavy atom. The average molecular weight is 324 g/mol. The average Bonchev–Trinajstić information content (AvgIpc) is 2.51. The van der Waals surface area contributed by atoms with E-state index in [0.717, 1.165) is 17.7 Å². The summed E-state index contributed by atoms with van der Waals surface area (Å²) in [4.78, 5) is 11.2. The lowest BCUT2D eigenvalue weighted by molar-refractivity contribution is -0.151. The fraction of sp³-hybridized carbons (Fsp3) is 0.235. The molecular weight excluding hydrogens is 309 g/mol. The van der Waals surface area contributed by atoms with Crippen molar-refractivity contribution >= 4 is 5.97 Å². The molecule has 0 aliphatic heterocycles. The van der Waals surface area contributed by atoms with Crippen molar-refractivity contribution in [3.8, 4) is 0 Å². The molecule has 2 rings (SSSR count). The highest BCUT2D eigenvalue weighted by atomic mass is 19.4. The Bertz CT molecular complexity index is 636. The van der Waals surface area contributed by atoms with Crippen molar-refractivity contribution in [2.75, 3.05) is 0 Å². The standard InChI is InChI=1S/C17H15F3O3/c18-17(19,20)14-8-6-13(7-9-14)11-23-15(16(21)22)10-12-4-2-1-3-5-12/h1-9,15H,10-11H2,(H,21,22). The van der Waals surface area contributed by atoms with Crippen LogP contribution in [-0.2, 0) is 28.7 Å². The summed E-state index contributed by atoms with van der Waals surface area (Å²) >= 11 is 0. The van der Waals surface area contributed by atoms with E-state index in [1.807, 2.05) is 6.07 Å². The molecule has 0 saturated carbocycles. The van der Waals surface area contributed by atoms with Gasteiger partial charge in [-0.1, -0.05) is 42.5 Å². The molecule has 0 fully saturated rings. The van der Waals surface area contributed by atoms with E-state index in [-0.39, 0.29) is 13.0 Å². The molecule has 6 heteroatoms. The fourth-order valence-corrected chi connectivity index (χ4v) is 2.03. The third-order valence-corrected chi connectivity index (χ3v) is 3.27. The number of carboxylic acids is 1. The summed E-state index contributed by atoms with van der Waals surface area (Å²) in [6.45, 7) is -0.0675. The molecule has 0 bridgehead atoms. The molecule has 0 aromatic heterocycles. The van der Waals surface area contributed by atoms with E-state index in [1.165, 1.54) is 12.1 Å². The molecule has 0 amide bonds. The van der Waals surface area contributed by atoms with Crippen molar-refractivity contribution in [2.45, 2.75) is 25.3 Å². The van der Waals surface area contributed by atoms with E-state index in [2.05, 4.69) is 0 Å². The van der Waals surface area contributed by atoms with Crippen LogP contribution in [0.4, 0.5) is 13.2 Å². The highest BCUT2D eigenvalue weighted by Gasteiger charge is 2.30. The Kier molecular flexibility index (Phi) is 5.39. The molecule has 3 nitrogen and oxygen atoms in total. The first-order valence-corrected chi connectivity index (χ1v) is 6.91. The van der Waals surface area contributed by atoms with Gasteiger partial charge in [-0.3, -0.25) is 0 Å². The van der Waals surface area contributed by atoms with Gasteiger partial charge in [-0.25, -0.2) is 4.79 Å². The molecule has 0 aliphatic rings. The topological polar surface area (TPSA) is 46.5 Å². The minimum Gasteiger partial charge on any atom is -0.479 e. The minimum atomic E-state index is -4.39. The van der Waals surface area contributed by atoms with Crippen LogP contribution in [0.15, 0.2) is 54.6 Å². The maximum Gasteiger partial charge on any atom is 0.416 e. The lowest BCUT2D eigenvalue weighted by Gasteiger charge is -2.14. The van der Waals surface area contributed by atoms with Crippen LogP contribution in [0.1, 0.15) is 16.7 Å². The zero-order valence-corrected chi connectivity index (χ0v) is 12.1. The number of hydrogen-bond donors (Lipinski definition) is 1. The predicted molar refractivity (Wildman–Crippen MR) is 77.8 cm³/mol. The molecule has 0 heterocycles. The third-order valence-electron chi connectivity index (χ3n) is 3.27. The number of rotatable bonds is 6. The first kappa shape index (κ1) is 17.0.